The van der Waals surface area contributed by atoms with Crippen LogP contribution in [0.2, 0.25) is 0 Å². The molecule has 0 aliphatic heterocycles. The lowest BCUT2D eigenvalue weighted by Crippen LogP contribution is -2.34. The fraction of sp³-hybridized carbons (Fsp3) is 0.357. The topological polar surface area (TPSA) is 61.1 Å². The van der Waals surface area contributed by atoms with Crippen molar-refractivity contribution in [2.24, 2.45) is 7.05 Å². The highest BCUT2D eigenvalue weighted by atomic mass is 32.2. The van der Waals surface area contributed by atoms with E-state index in [4.69, 9.17) is 13.0 Å². The molecule has 2 rings (SSSR count). The molecule has 9 heteroatoms. The number of aromatic nitrogens is 1. The highest BCUT2D eigenvalue weighted by Crippen LogP contribution is 2.21. The number of hydrogen-bond donors (Lipinski definition) is 0. The number of pyridine rings is 1. The van der Waals surface area contributed by atoms with E-state index in [1.54, 1.807) is 6.07 Å². The van der Waals surface area contributed by atoms with Gasteiger partial charge in [-0.05, 0) is 31.5 Å². The first-order valence-electron chi connectivity index (χ1n) is 6.34. The summed E-state index contributed by atoms with van der Waals surface area (Å²) in [6, 6.07) is 5.52. The molecule has 0 unspecified atom stereocenters. The Balaban J connectivity index is 0.000000284. The number of halogens is 4. The van der Waals surface area contributed by atoms with Gasteiger partial charge in [-0.1, -0.05) is 0 Å². The number of alkyl halides is 3. The number of fused-ring (bicyclic) bond motifs is 1. The van der Waals surface area contributed by atoms with Crippen molar-refractivity contribution in [3.05, 3.63) is 40.8 Å². The van der Waals surface area contributed by atoms with Crippen LogP contribution in [0.25, 0.3) is 10.9 Å². The van der Waals surface area contributed by atoms with Crippen LogP contribution in [0, 0.1) is 26.6 Å². The second-order valence-electron chi connectivity index (χ2n) is 5.00. The standard InChI is InChI=1S/C13H15FN.CHF3O3S/c1-8-7-9(2)15(4)13-10(3)12(14)6-5-11(8)13;2-1(3,4)8(5,6)7/h5-7H,1-4H3;(H,5,6,7)/q+1;/p-1. The smallest absolute Gasteiger partial charge is 0.485 e. The van der Waals surface area contributed by atoms with Crippen molar-refractivity contribution >= 4 is 21.0 Å². The van der Waals surface area contributed by atoms with Gasteiger partial charge in [-0.3, -0.25) is 0 Å². The van der Waals surface area contributed by atoms with Crippen molar-refractivity contribution in [2.75, 3.05) is 0 Å². The Morgan fingerprint density at radius 2 is 1.61 bits per heavy atom. The molecular weight excluding hydrogens is 338 g/mol. The number of nitrogens with zero attached hydrogens (tertiary/aromatic N) is 1. The molecule has 23 heavy (non-hydrogen) atoms. The molecule has 0 aliphatic carbocycles. The summed E-state index contributed by atoms with van der Waals surface area (Å²) >= 11 is 0. The molecule has 0 N–H and O–H groups in total. The van der Waals surface area contributed by atoms with Gasteiger partial charge in [-0.2, -0.15) is 17.7 Å². The van der Waals surface area contributed by atoms with Crippen LogP contribution in [0.3, 0.4) is 0 Å². The van der Waals surface area contributed by atoms with E-state index < -0.39 is 15.6 Å². The Bertz CT molecular complexity index is 837. The molecule has 0 fully saturated rings. The maximum atomic E-state index is 13.5. The Kier molecular flexibility index (Phi) is 5.37. The minimum atomic E-state index is -6.09. The summed E-state index contributed by atoms with van der Waals surface area (Å²) in [4.78, 5) is 0. The van der Waals surface area contributed by atoms with Gasteiger partial charge in [0.15, 0.2) is 15.8 Å². The third-order valence-corrected chi connectivity index (χ3v) is 3.93. The van der Waals surface area contributed by atoms with Gasteiger partial charge in [0, 0.05) is 18.4 Å². The Morgan fingerprint density at radius 1 is 1.13 bits per heavy atom. The molecule has 2 aromatic rings. The van der Waals surface area contributed by atoms with Gasteiger partial charge >= 0.3 is 5.51 Å². The number of hydrogen-bond acceptors (Lipinski definition) is 3. The zero-order chi connectivity index (χ0) is 18.2. The lowest BCUT2D eigenvalue weighted by atomic mass is 10.0. The van der Waals surface area contributed by atoms with Gasteiger partial charge in [-0.25, -0.2) is 12.8 Å². The second kappa shape index (κ2) is 6.40. The minimum absolute atomic E-state index is 0.136. The van der Waals surface area contributed by atoms with Gasteiger partial charge in [-0.15, -0.1) is 0 Å². The van der Waals surface area contributed by atoms with Crippen LogP contribution >= 0.6 is 0 Å². The van der Waals surface area contributed by atoms with Crippen molar-refractivity contribution < 1.29 is 35.1 Å². The lowest BCUT2D eigenvalue weighted by Gasteiger charge is -2.08. The summed E-state index contributed by atoms with van der Waals surface area (Å²) in [5.74, 6) is -0.136. The molecule has 0 atom stereocenters. The molecular formula is C14H15F4NO3S. The minimum Gasteiger partial charge on any atom is -0.741 e. The molecule has 0 saturated carbocycles. The molecule has 0 spiro atoms. The van der Waals surface area contributed by atoms with E-state index in [0.29, 0.717) is 0 Å². The van der Waals surface area contributed by atoms with Crippen molar-refractivity contribution in [1.82, 2.24) is 0 Å². The van der Waals surface area contributed by atoms with Crippen molar-refractivity contribution in [2.45, 2.75) is 26.3 Å². The van der Waals surface area contributed by atoms with Crippen molar-refractivity contribution in [1.29, 1.82) is 0 Å². The van der Waals surface area contributed by atoms with Gasteiger partial charge in [0.2, 0.25) is 5.52 Å². The molecule has 1 aromatic carbocycles. The summed E-state index contributed by atoms with van der Waals surface area (Å²) in [6.45, 7) is 5.93. The van der Waals surface area contributed by atoms with Crippen LogP contribution in [0.5, 0.6) is 0 Å². The van der Waals surface area contributed by atoms with Crippen molar-refractivity contribution in [3.63, 3.8) is 0 Å². The van der Waals surface area contributed by atoms with Gasteiger partial charge in [0.05, 0.1) is 5.56 Å². The fourth-order valence-electron chi connectivity index (χ4n) is 2.09. The first-order chi connectivity index (χ1) is 10.3. The van der Waals surface area contributed by atoms with Crippen LogP contribution in [0.4, 0.5) is 17.6 Å². The zero-order valence-corrected chi connectivity index (χ0v) is 13.6. The highest BCUT2D eigenvalue weighted by Gasteiger charge is 2.36. The predicted octanol–water partition coefficient (Wildman–Crippen LogP) is 2.78. The third-order valence-electron chi connectivity index (χ3n) is 3.36. The van der Waals surface area contributed by atoms with Crippen LogP contribution in [-0.4, -0.2) is 18.5 Å². The van der Waals surface area contributed by atoms with E-state index in [2.05, 4.69) is 13.0 Å². The Hall–Kier alpha value is -1.74. The monoisotopic (exact) mass is 353 g/mol. The predicted molar refractivity (Wildman–Crippen MR) is 75.0 cm³/mol. The number of rotatable bonds is 0. The molecule has 1 aromatic heterocycles. The summed E-state index contributed by atoms with van der Waals surface area (Å²) in [7, 11) is -4.11. The fourth-order valence-corrected chi connectivity index (χ4v) is 2.09. The molecule has 128 valence electrons. The number of benzene rings is 1. The van der Waals surface area contributed by atoms with Gasteiger partial charge in [0.25, 0.3) is 0 Å². The molecule has 0 aliphatic rings. The van der Waals surface area contributed by atoms with E-state index >= 15 is 0 Å². The van der Waals surface area contributed by atoms with E-state index in [1.165, 1.54) is 5.56 Å². The average Bonchev–Trinajstić information content (AvgIpc) is 2.37. The molecule has 0 amide bonds. The van der Waals surface area contributed by atoms with E-state index in [1.807, 2.05) is 31.5 Å². The summed E-state index contributed by atoms with van der Waals surface area (Å²) in [6.07, 6.45) is 0. The molecule has 0 bridgehead atoms. The molecule has 4 nitrogen and oxygen atoms in total. The lowest BCUT2D eigenvalue weighted by molar-refractivity contribution is -0.651. The van der Waals surface area contributed by atoms with Crippen LogP contribution in [-0.2, 0) is 17.2 Å². The summed E-state index contributed by atoms with van der Waals surface area (Å²) in [5.41, 5.74) is -1.58. The third kappa shape index (κ3) is 4.17. The largest absolute Gasteiger partial charge is 0.741 e. The number of aryl methyl sites for hydroxylation is 4. The van der Waals surface area contributed by atoms with Gasteiger partial charge < -0.3 is 4.55 Å². The van der Waals surface area contributed by atoms with E-state index in [-0.39, 0.29) is 5.82 Å². The SMILES string of the molecule is Cc1cc(C)[n+](C)c2c(C)c(F)ccc12.O=S(=O)([O-])C(F)(F)F. The van der Waals surface area contributed by atoms with Gasteiger partial charge in [0.1, 0.15) is 12.9 Å². The molecule has 1 heterocycles. The Morgan fingerprint density at radius 3 is 2.04 bits per heavy atom. The first kappa shape index (κ1) is 19.3. The molecule has 0 radical (unpaired) electrons. The summed E-state index contributed by atoms with van der Waals surface area (Å²) < 4.78 is 74.4. The second-order valence-corrected chi connectivity index (χ2v) is 6.37. The highest BCUT2D eigenvalue weighted by molar-refractivity contribution is 7.86. The quantitative estimate of drug-likeness (QED) is 0.317. The van der Waals surface area contributed by atoms with Crippen LogP contribution < -0.4 is 4.57 Å². The first-order valence-corrected chi connectivity index (χ1v) is 7.75. The van der Waals surface area contributed by atoms with Crippen molar-refractivity contribution in [3.8, 4) is 0 Å². The molecule has 0 saturated heterocycles. The van der Waals surface area contributed by atoms with Crippen LogP contribution in [0.15, 0.2) is 18.2 Å². The maximum Gasteiger partial charge on any atom is 0.485 e. The average molecular weight is 353 g/mol. The maximum absolute atomic E-state index is 13.5. The van der Waals surface area contributed by atoms with Crippen LogP contribution in [0.1, 0.15) is 16.8 Å². The Labute approximate surface area is 131 Å². The zero-order valence-electron chi connectivity index (χ0n) is 12.8. The summed E-state index contributed by atoms with van der Waals surface area (Å²) in [5, 5.41) is 1.13. The van der Waals surface area contributed by atoms with E-state index in [9.17, 15) is 17.6 Å². The normalized spacial score (nSPS) is 12.0. The van der Waals surface area contributed by atoms with E-state index in [0.717, 1.165) is 22.2 Å².